The molecular formula is C22H25N3O3. The number of aryl methyl sites for hydroxylation is 1. The van der Waals surface area contributed by atoms with Crippen LogP contribution >= 0.6 is 0 Å². The summed E-state index contributed by atoms with van der Waals surface area (Å²) in [5.74, 6) is 0.591. The molecule has 1 N–H and O–H groups in total. The summed E-state index contributed by atoms with van der Waals surface area (Å²) in [5, 5.41) is 4.36. The van der Waals surface area contributed by atoms with E-state index in [0.29, 0.717) is 17.2 Å². The molecule has 1 amide bonds. The van der Waals surface area contributed by atoms with Gasteiger partial charge in [0.2, 0.25) is 0 Å². The second-order valence-corrected chi connectivity index (χ2v) is 7.56. The zero-order valence-corrected chi connectivity index (χ0v) is 16.6. The minimum Gasteiger partial charge on any atom is -0.453 e. The van der Waals surface area contributed by atoms with Crippen LogP contribution in [0.1, 0.15) is 42.4 Å². The van der Waals surface area contributed by atoms with Crippen LogP contribution in [-0.4, -0.2) is 15.7 Å². The molecule has 28 heavy (non-hydrogen) atoms. The Morgan fingerprint density at radius 1 is 1.07 bits per heavy atom. The lowest BCUT2D eigenvalue weighted by atomic mass is 10.1. The van der Waals surface area contributed by atoms with E-state index in [1.165, 1.54) is 5.56 Å². The number of rotatable bonds is 6. The number of hydrogen-bond acceptors (Lipinski definition) is 4. The van der Waals surface area contributed by atoms with Gasteiger partial charge in [0, 0.05) is 0 Å². The second-order valence-electron chi connectivity index (χ2n) is 7.56. The number of nitrogens with one attached hydrogen (secondary N) is 1. The molecular weight excluding hydrogens is 354 g/mol. The summed E-state index contributed by atoms with van der Waals surface area (Å²) in [4.78, 5) is 18.3. The summed E-state index contributed by atoms with van der Waals surface area (Å²) in [6, 6.07) is 17.2. The van der Waals surface area contributed by atoms with Crippen LogP contribution in [0.3, 0.4) is 0 Å². The van der Waals surface area contributed by atoms with Crippen LogP contribution in [0.25, 0.3) is 0 Å². The number of para-hydroxylation sites is 1. The topological polar surface area (TPSA) is 65.4 Å². The van der Waals surface area contributed by atoms with Gasteiger partial charge < -0.3 is 4.74 Å². The first-order chi connectivity index (χ1) is 13.3. The lowest BCUT2D eigenvalue weighted by Gasteiger charge is -2.22. The van der Waals surface area contributed by atoms with Crippen LogP contribution in [0.2, 0.25) is 0 Å². The number of benzene rings is 2. The fourth-order valence-electron chi connectivity index (χ4n) is 2.66. The van der Waals surface area contributed by atoms with Gasteiger partial charge in [-0.3, -0.25) is 14.3 Å². The third-order valence-corrected chi connectivity index (χ3v) is 4.08. The van der Waals surface area contributed by atoms with E-state index in [2.05, 4.69) is 10.6 Å². The van der Waals surface area contributed by atoms with Gasteiger partial charge in [0.05, 0.1) is 18.3 Å². The number of nitrogens with zero attached hydrogens (tertiary/aromatic N) is 2. The first-order valence-corrected chi connectivity index (χ1v) is 9.13. The van der Waals surface area contributed by atoms with Crippen molar-refractivity contribution in [1.82, 2.24) is 15.3 Å². The van der Waals surface area contributed by atoms with E-state index < -0.39 is 11.4 Å². The third kappa shape index (κ3) is 4.78. The van der Waals surface area contributed by atoms with Crippen molar-refractivity contribution in [3.63, 3.8) is 0 Å². The fourth-order valence-corrected chi connectivity index (χ4v) is 2.66. The Kier molecular flexibility index (Phi) is 5.80. The van der Waals surface area contributed by atoms with Crippen molar-refractivity contribution in [2.75, 3.05) is 0 Å². The minimum absolute atomic E-state index is 0.268. The number of hydroxylamine groups is 1. The Labute approximate surface area is 165 Å². The molecule has 0 bridgehead atoms. The van der Waals surface area contributed by atoms with Crippen molar-refractivity contribution in [3.05, 3.63) is 77.6 Å². The molecule has 1 aromatic heterocycles. The molecule has 0 saturated heterocycles. The van der Waals surface area contributed by atoms with Gasteiger partial charge in [0.1, 0.15) is 5.75 Å². The van der Waals surface area contributed by atoms with E-state index in [0.717, 1.165) is 5.56 Å². The maximum absolute atomic E-state index is 12.9. The van der Waals surface area contributed by atoms with E-state index in [4.69, 9.17) is 9.57 Å². The van der Waals surface area contributed by atoms with Gasteiger partial charge >= 0.3 is 0 Å². The Morgan fingerprint density at radius 3 is 2.39 bits per heavy atom. The Balaban J connectivity index is 1.76. The molecule has 0 unspecified atom stereocenters. The number of aromatic nitrogens is 2. The van der Waals surface area contributed by atoms with Gasteiger partial charge in [-0.1, -0.05) is 48.0 Å². The van der Waals surface area contributed by atoms with Crippen molar-refractivity contribution in [3.8, 4) is 11.5 Å². The lowest BCUT2D eigenvalue weighted by molar-refractivity contribution is 0.0219. The Morgan fingerprint density at radius 2 is 1.75 bits per heavy atom. The fraction of sp³-hybridized carbons (Fsp3) is 0.273. The molecule has 0 radical (unpaired) electrons. The molecule has 6 heteroatoms. The summed E-state index contributed by atoms with van der Waals surface area (Å²) >= 11 is 0. The van der Waals surface area contributed by atoms with Crippen molar-refractivity contribution in [2.45, 2.75) is 39.8 Å². The first-order valence-electron chi connectivity index (χ1n) is 9.13. The first kappa shape index (κ1) is 19.6. The lowest BCUT2D eigenvalue weighted by Crippen LogP contribution is -2.32. The zero-order chi connectivity index (χ0) is 20.1. The Hall–Kier alpha value is -3.12. The molecule has 146 valence electrons. The van der Waals surface area contributed by atoms with Gasteiger partial charge in [0.15, 0.2) is 11.4 Å². The predicted octanol–water partition coefficient (Wildman–Crippen LogP) is 4.60. The van der Waals surface area contributed by atoms with Gasteiger partial charge in [-0.25, -0.2) is 5.48 Å². The van der Waals surface area contributed by atoms with Crippen LogP contribution in [0.15, 0.2) is 60.8 Å². The Bertz CT molecular complexity index is 926. The average Bonchev–Trinajstić information content (AvgIpc) is 3.08. The minimum atomic E-state index is -0.412. The predicted molar refractivity (Wildman–Crippen MR) is 107 cm³/mol. The van der Waals surface area contributed by atoms with Crippen molar-refractivity contribution >= 4 is 5.91 Å². The number of amides is 1. The zero-order valence-electron chi connectivity index (χ0n) is 16.6. The molecule has 0 fully saturated rings. The van der Waals surface area contributed by atoms with Crippen molar-refractivity contribution in [2.24, 2.45) is 0 Å². The van der Waals surface area contributed by atoms with Crippen molar-refractivity contribution in [1.29, 1.82) is 0 Å². The quantitative estimate of drug-likeness (QED) is 0.636. The van der Waals surface area contributed by atoms with Gasteiger partial charge in [-0.2, -0.15) is 5.10 Å². The number of ether oxygens (including phenoxy) is 1. The van der Waals surface area contributed by atoms with Crippen molar-refractivity contribution < 1.29 is 14.4 Å². The average molecular weight is 379 g/mol. The van der Waals surface area contributed by atoms with Crippen LogP contribution in [-0.2, 0) is 17.0 Å². The molecule has 1 heterocycles. The standard InChI is InChI=1S/C22H25N3O3/c1-16-10-12-17(13-11-16)15-27-24-21(26)20-19(14-23-25(20)22(2,3)4)28-18-8-6-5-7-9-18/h5-14H,15H2,1-4H3,(H,24,26). The molecule has 0 atom stereocenters. The highest BCUT2D eigenvalue weighted by atomic mass is 16.7. The molecule has 0 aliphatic rings. The van der Waals surface area contributed by atoms with E-state index in [1.54, 1.807) is 10.9 Å². The van der Waals surface area contributed by atoms with Crippen LogP contribution in [0, 0.1) is 6.92 Å². The van der Waals surface area contributed by atoms with E-state index in [9.17, 15) is 4.79 Å². The van der Waals surface area contributed by atoms with Gasteiger partial charge in [-0.15, -0.1) is 0 Å². The largest absolute Gasteiger partial charge is 0.453 e. The summed E-state index contributed by atoms with van der Waals surface area (Å²) in [6.45, 7) is 8.20. The molecule has 6 nitrogen and oxygen atoms in total. The summed E-state index contributed by atoms with van der Waals surface area (Å²) in [7, 11) is 0. The van der Waals surface area contributed by atoms with Gasteiger partial charge in [0.25, 0.3) is 5.91 Å². The normalized spacial score (nSPS) is 11.3. The molecule has 0 aliphatic heterocycles. The highest BCUT2D eigenvalue weighted by Crippen LogP contribution is 2.28. The number of carbonyl (C=O) groups excluding carboxylic acids is 1. The molecule has 2 aromatic carbocycles. The number of carbonyl (C=O) groups is 1. The van der Waals surface area contributed by atoms with Crippen LogP contribution < -0.4 is 10.2 Å². The van der Waals surface area contributed by atoms with Gasteiger partial charge in [-0.05, 0) is 45.4 Å². The molecule has 3 aromatic rings. The van der Waals surface area contributed by atoms with E-state index >= 15 is 0 Å². The maximum atomic E-state index is 12.9. The van der Waals surface area contributed by atoms with Crippen LogP contribution in [0.4, 0.5) is 0 Å². The SMILES string of the molecule is Cc1ccc(CONC(=O)c2c(Oc3ccccc3)cnn2C(C)(C)C)cc1. The smallest absolute Gasteiger partial charge is 0.297 e. The molecule has 3 rings (SSSR count). The second kappa shape index (κ2) is 8.27. The summed E-state index contributed by atoms with van der Waals surface area (Å²) < 4.78 is 7.52. The highest BCUT2D eigenvalue weighted by Gasteiger charge is 2.27. The molecule has 0 aliphatic carbocycles. The highest BCUT2D eigenvalue weighted by molar-refractivity contribution is 5.94. The monoisotopic (exact) mass is 379 g/mol. The third-order valence-electron chi connectivity index (χ3n) is 4.08. The van der Waals surface area contributed by atoms with Crippen LogP contribution in [0.5, 0.6) is 11.5 Å². The maximum Gasteiger partial charge on any atom is 0.297 e. The summed E-state index contributed by atoms with van der Waals surface area (Å²) in [6.07, 6.45) is 1.55. The summed E-state index contributed by atoms with van der Waals surface area (Å²) in [5.41, 5.74) is 4.55. The molecule has 0 spiro atoms. The van der Waals surface area contributed by atoms with E-state index in [1.807, 2.05) is 82.3 Å². The molecule has 0 saturated carbocycles. The van der Waals surface area contributed by atoms with E-state index in [-0.39, 0.29) is 6.61 Å². The number of hydrogen-bond donors (Lipinski definition) is 1.